The van der Waals surface area contributed by atoms with Crippen molar-refractivity contribution < 1.29 is 9.53 Å². The molecule has 0 aliphatic carbocycles. The summed E-state index contributed by atoms with van der Waals surface area (Å²) in [5.41, 5.74) is 2.08. The lowest BCUT2D eigenvalue weighted by molar-refractivity contribution is -0.122. The Morgan fingerprint density at radius 2 is 2.18 bits per heavy atom. The van der Waals surface area contributed by atoms with Gasteiger partial charge in [0.05, 0.1) is 0 Å². The number of nitrogens with zero attached hydrogens (tertiary/aromatic N) is 2. The van der Waals surface area contributed by atoms with Gasteiger partial charge < -0.3 is 4.74 Å². The van der Waals surface area contributed by atoms with Crippen molar-refractivity contribution in [3.63, 3.8) is 0 Å². The van der Waals surface area contributed by atoms with Crippen molar-refractivity contribution in [2.75, 3.05) is 5.32 Å². The van der Waals surface area contributed by atoms with Crippen LogP contribution in [0.5, 0.6) is 5.75 Å². The highest BCUT2D eigenvalue weighted by Crippen LogP contribution is 2.30. The maximum Gasteiger partial charge on any atom is 0.267 e. The summed E-state index contributed by atoms with van der Waals surface area (Å²) >= 11 is 2.96. The molecule has 0 spiro atoms. The molecule has 0 saturated carbocycles. The molecule has 3 heterocycles. The van der Waals surface area contributed by atoms with Crippen LogP contribution in [0.4, 0.5) is 5.13 Å². The van der Waals surface area contributed by atoms with Crippen LogP contribution in [0, 0.1) is 0 Å². The monoisotopic (exact) mass is 329 g/mol. The van der Waals surface area contributed by atoms with E-state index in [0.717, 1.165) is 21.9 Å². The average Bonchev–Trinajstić information content (AvgIpc) is 3.26. The van der Waals surface area contributed by atoms with E-state index in [2.05, 4.69) is 15.5 Å². The summed E-state index contributed by atoms with van der Waals surface area (Å²) in [5, 5.41) is 16.2. The largest absolute Gasteiger partial charge is 0.480 e. The summed E-state index contributed by atoms with van der Waals surface area (Å²) in [6.07, 6.45) is 0.0731. The van der Waals surface area contributed by atoms with Gasteiger partial charge in [0.15, 0.2) is 6.10 Å². The Bertz CT molecular complexity index is 789. The van der Waals surface area contributed by atoms with Gasteiger partial charge in [-0.1, -0.05) is 29.5 Å². The third-order valence-corrected chi connectivity index (χ3v) is 4.93. The van der Waals surface area contributed by atoms with Crippen LogP contribution in [-0.2, 0) is 11.2 Å². The molecule has 1 amide bonds. The Balaban J connectivity index is 1.45. The molecule has 110 valence electrons. The molecule has 0 radical (unpaired) electrons. The summed E-state index contributed by atoms with van der Waals surface area (Å²) in [6, 6.07) is 9.68. The Labute approximate surface area is 134 Å². The van der Waals surface area contributed by atoms with E-state index in [4.69, 9.17) is 4.74 Å². The molecule has 1 unspecified atom stereocenters. The highest BCUT2D eigenvalue weighted by Gasteiger charge is 2.29. The minimum Gasteiger partial charge on any atom is -0.480 e. The second-order valence-corrected chi connectivity index (χ2v) is 6.59. The Morgan fingerprint density at radius 1 is 1.27 bits per heavy atom. The van der Waals surface area contributed by atoms with E-state index in [0.29, 0.717) is 11.6 Å². The number of amides is 1. The Kier molecular flexibility index (Phi) is 3.36. The number of fused-ring (bicyclic) bond motifs is 1. The van der Waals surface area contributed by atoms with Gasteiger partial charge in [0.25, 0.3) is 5.91 Å². The molecular formula is C15H11N3O2S2. The van der Waals surface area contributed by atoms with E-state index in [1.54, 1.807) is 11.3 Å². The first kappa shape index (κ1) is 13.4. The van der Waals surface area contributed by atoms with Gasteiger partial charge in [-0.05, 0) is 23.1 Å². The highest BCUT2D eigenvalue weighted by atomic mass is 32.1. The van der Waals surface area contributed by atoms with E-state index in [1.165, 1.54) is 11.3 Å². The predicted octanol–water partition coefficient (Wildman–Crippen LogP) is 3.21. The van der Waals surface area contributed by atoms with Gasteiger partial charge in [0.1, 0.15) is 10.8 Å². The van der Waals surface area contributed by atoms with E-state index in [1.807, 2.05) is 41.1 Å². The van der Waals surface area contributed by atoms with Gasteiger partial charge in [-0.3, -0.25) is 10.1 Å². The van der Waals surface area contributed by atoms with Gasteiger partial charge >= 0.3 is 0 Å². The Hall–Kier alpha value is -2.25. The lowest BCUT2D eigenvalue weighted by Gasteiger charge is -2.08. The van der Waals surface area contributed by atoms with Gasteiger partial charge in [0.2, 0.25) is 5.13 Å². The lowest BCUT2D eigenvalue weighted by atomic mass is 10.1. The molecule has 0 bridgehead atoms. The fourth-order valence-corrected chi connectivity index (χ4v) is 3.75. The summed E-state index contributed by atoms with van der Waals surface area (Å²) in [5.74, 6) is 0.586. The quantitative estimate of drug-likeness (QED) is 0.801. The molecule has 3 aromatic rings. The molecule has 2 aromatic heterocycles. The third kappa shape index (κ3) is 2.49. The number of anilines is 1. The van der Waals surface area contributed by atoms with Crippen molar-refractivity contribution >= 4 is 33.7 Å². The number of carbonyl (C=O) groups is 1. The predicted molar refractivity (Wildman–Crippen MR) is 86.4 cm³/mol. The number of para-hydroxylation sites is 1. The van der Waals surface area contributed by atoms with Crippen molar-refractivity contribution in [3.05, 3.63) is 46.7 Å². The summed E-state index contributed by atoms with van der Waals surface area (Å²) < 4.78 is 5.67. The smallest absolute Gasteiger partial charge is 0.267 e. The number of nitrogens with one attached hydrogen (secondary N) is 1. The SMILES string of the molecule is O=C(Nc1nnc(-c2ccsc2)s1)C1Cc2ccccc2O1. The maximum absolute atomic E-state index is 12.3. The van der Waals surface area contributed by atoms with Crippen molar-refractivity contribution in [2.24, 2.45) is 0 Å². The molecule has 7 heteroatoms. The van der Waals surface area contributed by atoms with Crippen LogP contribution in [0.1, 0.15) is 5.56 Å². The zero-order chi connectivity index (χ0) is 14.9. The fraction of sp³-hybridized carbons (Fsp3) is 0.133. The van der Waals surface area contributed by atoms with E-state index < -0.39 is 6.10 Å². The van der Waals surface area contributed by atoms with Crippen LogP contribution in [0.2, 0.25) is 0 Å². The normalized spacial score (nSPS) is 16.1. The van der Waals surface area contributed by atoms with Crippen LogP contribution in [-0.4, -0.2) is 22.2 Å². The second kappa shape index (κ2) is 5.51. The summed E-state index contributed by atoms with van der Waals surface area (Å²) in [7, 11) is 0. The molecule has 4 rings (SSSR count). The number of rotatable bonds is 3. The third-order valence-electron chi connectivity index (χ3n) is 3.36. The van der Waals surface area contributed by atoms with Crippen LogP contribution in [0.15, 0.2) is 41.1 Å². The van der Waals surface area contributed by atoms with Crippen molar-refractivity contribution in [3.8, 4) is 16.3 Å². The van der Waals surface area contributed by atoms with Crippen LogP contribution < -0.4 is 10.1 Å². The first-order valence-corrected chi connectivity index (χ1v) is 8.47. The molecule has 0 saturated heterocycles. The number of carbonyl (C=O) groups excluding carboxylic acids is 1. The number of ether oxygens (including phenoxy) is 1. The van der Waals surface area contributed by atoms with E-state index in [9.17, 15) is 4.79 Å². The number of thiophene rings is 1. The molecular weight excluding hydrogens is 318 g/mol. The molecule has 1 aliphatic heterocycles. The van der Waals surface area contributed by atoms with Gasteiger partial charge in [-0.25, -0.2) is 0 Å². The summed E-state index contributed by atoms with van der Waals surface area (Å²) in [6.45, 7) is 0. The highest BCUT2D eigenvalue weighted by molar-refractivity contribution is 7.19. The van der Waals surface area contributed by atoms with Crippen LogP contribution >= 0.6 is 22.7 Å². The zero-order valence-corrected chi connectivity index (χ0v) is 13.0. The number of hydrogen-bond donors (Lipinski definition) is 1. The minimum atomic E-state index is -0.508. The molecule has 1 aromatic carbocycles. The van der Waals surface area contributed by atoms with Gasteiger partial charge in [0, 0.05) is 17.4 Å². The van der Waals surface area contributed by atoms with Crippen molar-refractivity contribution in [1.29, 1.82) is 0 Å². The topological polar surface area (TPSA) is 64.1 Å². The first-order valence-electron chi connectivity index (χ1n) is 6.71. The van der Waals surface area contributed by atoms with E-state index in [-0.39, 0.29) is 5.91 Å². The number of hydrogen-bond acceptors (Lipinski definition) is 6. The number of aromatic nitrogens is 2. The molecule has 1 atom stereocenters. The Morgan fingerprint density at radius 3 is 3.00 bits per heavy atom. The van der Waals surface area contributed by atoms with Crippen LogP contribution in [0.25, 0.3) is 10.6 Å². The van der Waals surface area contributed by atoms with Crippen LogP contribution in [0.3, 0.4) is 0 Å². The van der Waals surface area contributed by atoms with Crippen molar-refractivity contribution in [2.45, 2.75) is 12.5 Å². The zero-order valence-electron chi connectivity index (χ0n) is 11.4. The van der Waals surface area contributed by atoms with Crippen molar-refractivity contribution in [1.82, 2.24) is 10.2 Å². The first-order chi connectivity index (χ1) is 10.8. The lowest BCUT2D eigenvalue weighted by Crippen LogP contribution is -2.31. The van der Waals surface area contributed by atoms with E-state index >= 15 is 0 Å². The summed E-state index contributed by atoms with van der Waals surface area (Å²) in [4.78, 5) is 12.3. The fourth-order valence-electron chi connectivity index (χ4n) is 2.29. The molecule has 5 nitrogen and oxygen atoms in total. The maximum atomic E-state index is 12.3. The molecule has 1 N–H and O–H groups in total. The average molecular weight is 329 g/mol. The molecule has 1 aliphatic rings. The molecule has 22 heavy (non-hydrogen) atoms. The number of benzene rings is 1. The molecule has 0 fully saturated rings. The van der Waals surface area contributed by atoms with Gasteiger partial charge in [-0.2, -0.15) is 11.3 Å². The standard InChI is InChI=1S/C15H11N3O2S2/c19-13(12-7-9-3-1-2-4-11(9)20-12)16-15-18-17-14(22-15)10-5-6-21-8-10/h1-6,8,12H,7H2,(H,16,18,19). The van der Waals surface area contributed by atoms with Gasteiger partial charge in [-0.15, -0.1) is 10.2 Å². The second-order valence-electron chi connectivity index (χ2n) is 4.83. The minimum absolute atomic E-state index is 0.191.